The predicted molar refractivity (Wildman–Crippen MR) is 109 cm³/mol. The summed E-state index contributed by atoms with van der Waals surface area (Å²) in [4.78, 5) is 17.0. The van der Waals surface area contributed by atoms with Gasteiger partial charge in [0.1, 0.15) is 11.5 Å². The highest BCUT2D eigenvalue weighted by Gasteiger charge is 2.18. The zero-order chi connectivity index (χ0) is 18.8. The summed E-state index contributed by atoms with van der Waals surface area (Å²) in [5, 5.41) is 1.69. The molecule has 8 heteroatoms. The van der Waals surface area contributed by atoms with Crippen molar-refractivity contribution < 1.29 is 4.79 Å². The molecule has 1 heterocycles. The van der Waals surface area contributed by atoms with Crippen molar-refractivity contribution in [1.29, 1.82) is 0 Å². The van der Waals surface area contributed by atoms with Crippen LogP contribution in [-0.4, -0.2) is 15.3 Å². The van der Waals surface area contributed by atoms with Gasteiger partial charge >= 0.3 is 0 Å². The van der Waals surface area contributed by atoms with E-state index in [-0.39, 0.29) is 21.7 Å². The molecule has 0 atom stereocenters. The fourth-order valence-corrected chi connectivity index (χ4v) is 3.17. The molecule has 1 aromatic heterocycles. The third-order valence-electron chi connectivity index (χ3n) is 3.53. The lowest BCUT2D eigenvalue weighted by Crippen LogP contribution is -2.08. The molecular formula is C18H9Cl5N2O. The van der Waals surface area contributed by atoms with Gasteiger partial charge in [0.25, 0.3) is 0 Å². The van der Waals surface area contributed by atoms with E-state index >= 15 is 0 Å². The van der Waals surface area contributed by atoms with Crippen LogP contribution < -0.4 is 0 Å². The van der Waals surface area contributed by atoms with Crippen LogP contribution in [-0.2, 0) is 0 Å². The summed E-state index contributed by atoms with van der Waals surface area (Å²) in [6, 6.07) is 9.70. The third-order valence-corrected chi connectivity index (χ3v) is 5.12. The van der Waals surface area contributed by atoms with Gasteiger partial charge in [0.05, 0.1) is 15.7 Å². The molecule has 3 nitrogen and oxygen atoms in total. The van der Waals surface area contributed by atoms with Gasteiger partial charge < -0.3 is 4.57 Å². The van der Waals surface area contributed by atoms with Crippen molar-refractivity contribution in [2.45, 2.75) is 0 Å². The standard InChI is InChI=1S/C18H9Cl5N2O/c19-11-3-1-10(2-4-11)18(26)15(25-8-16(22)24-9-25)7-12-13(20)5-6-14(21)17(12)23/h1-9H/b15-7-. The molecule has 0 saturated heterocycles. The van der Waals surface area contributed by atoms with E-state index in [1.807, 2.05) is 0 Å². The van der Waals surface area contributed by atoms with E-state index in [9.17, 15) is 4.79 Å². The highest BCUT2D eigenvalue weighted by atomic mass is 35.5. The summed E-state index contributed by atoms with van der Waals surface area (Å²) in [5.74, 6) is -0.289. The molecule has 0 aliphatic rings. The molecule has 3 rings (SSSR count). The second kappa shape index (κ2) is 8.03. The first-order chi connectivity index (χ1) is 12.4. The maximum Gasteiger partial charge on any atom is 0.209 e. The van der Waals surface area contributed by atoms with Gasteiger partial charge in [0.15, 0.2) is 0 Å². The van der Waals surface area contributed by atoms with Crippen LogP contribution in [0.5, 0.6) is 0 Å². The van der Waals surface area contributed by atoms with E-state index in [1.165, 1.54) is 17.1 Å². The predicted octanol–water partition coefficient (Wildman–Crippen LogP) is 7.03. The number of carbonyl (C=O) groups is 1. The molecule has 0 bridgehead atoms. The number of benzene rings is 2. The third kappa shape index (κ3) is 4.08. The molecule has 2 aromatic carbocycles. The topological polar surface area (TPSA) is 34.9 Å². The van der Waals surface area contributed by atoms with Crippen molar-refractivity contribution in [1.82, 2.24) is 9.55 Å². The first-order valence-corrected chi connectivity index (χ1v) is 9.11. The van der Waals surface area contributed by atoms with Gasteiger partial charge in [-0.15, -0.1) is 0 Å². The van der Waals surface area contributed by atoms with Crippen molar-refractivity contribution in [2.75, 3.05) is 0 Å². The van der Waals surface area contributed by atoms with E-state index < -0.39 is 0 Å². The second-order valence-corrected chi connectivity index (χ2v) is 7.24. The van der Waals surface area contributed by atoms with E-state index in [0.717, 1.165) is 0 Å². The summed E-state index contributed by atoms with van der Waals surface area (Å²) >= 11 is 30.4. The molecule has 3 aromatic rings. The Labute approximate surface area is 174 Å². The zero-order valence-corrected chi connectivity index (χ0v) is 16.7. The summed E-state index contributed by atoms with van der Waals surface area (Å²) in [5.41, 5.74) is 1.10. The highest BCUT2D eigenvalue weighted by Crippen LogP contribution is 2.34. The second-order valence-electron chi connectivity index (χ2n) is 5.23. The van der Waals surface area contributed by atoms with Crippen molar-refractivity contribution in [2.24, 2.45) is 0 Å². The maximum absolute atomic E-state index is 13.1. The Morgan fingerprint density at radius 2 is 1.58 bits per heavy atom. The van der Waals surface area contributed by atoms with Crippen LogP contribution in [0.15, 0.2) is 48.9 Å². The normalized spacial score (nSPS) is 11.7. The van der Waals surface area contributed by atoms with Crippen molar-refractivity contribution in [3.05, 3.63) is 85.3 Å². The van der Waals surface area contributed by atoms with Crippen molar-refractivity contribution in [3.63, 3.8) is 0 Å². The van der Waals surface area contributed by atoms with Crippen LogP contribution in [0.3, 0.4) is 0 Å². The molecule has 0 fully saturated rings. The van der Waals surface area contributed by atoms with Gasteiger partial charge in [-0.25, -0.2) is 4.98 Å². The van der Waals surface area contributed by atoms with Crippen LogP contribution >= 0.6 is 58.0 Å². The number of aromatic nitrogens is 2. The van der Waals surface area contributed by atoms with Gasteiger partial charge in [-0.3, -0.25) is 4.79 Å². The SMILES string of the molecule is O=C(/C(=C/c1c(Cl)ccc(Cl)c1Cl)n1cnc(Cl)c1)c1ccc(Cl)cc1. The lowest BCUT2D eigenvalue weighted by molar-refractivity contribution is 0.105. The quantitative estimate of drug-likeness (QED) is 0.245. The number of halogens is 5. The first-order valence-electron chi connectivity index (χ1n) is 7.22. The smallest absolute Gasteiger partial charge is 0.209 e. The van der Waals surface area contributed by atoms with Crippen molar-refractivity contribution >= 4 is 75.6 Å². The Kier molecular flexibility index (Phi) is 5.96. The fourth-order valence-electron chi connectivity index (χ4n) is 2.25. The number of hydrogen-bond donors (Lipinski definition) is 0. The van der Waals surface area contributed by atoms with Crippen LogP contribution in [0, 0.1) is 0 Å². The minimum Gasteiger partial charge on any atom is -0.301 e. The number of imidazole rings is 1. The monoisotopic (exact) mass is 444 g/mol. The van der Waals surface area contributed by atoms with Crippen molar-refractivity contribution in [3.8, 4) is 0 Å². The number of nitrogens with zero attached hydrogens (tertiary/aromatic N) is 2. The van der Waals surface area contributed by atoms with E-state index in [4.69, 9.17) is 58.0 Å². The lowest BCUT2D eigenvalue weighted by Gasteiger charge is -2.10. The van der Waals surface area contributed by atoms with E-state index in [2.05, 4.69) is 4.98 Å². The fraction of sp³-hybridized carbons (Fsp3) is 0. The molecule has 0 N–H and O–H groups in total. The number of hydrogen-bond acceptors (Lipinski definition) is 2. The summed E-state index contributed by atoms with van der Waals surface area (Å²) in [7, 11) is 0. The summed E-state index contributed by atoms with van der Waals surface area (Å²) < 4.78 is 1.49. The molecule has 0 spiro atoms. The van der Waals surface area contributed by atoms with E-state index in [0.29, 0.717) is 26.2 Å². The Bertz CT molecular complexity index is 1010. The molecular weight excluding hydrogens is 437 g/mol. The van der Waals surface area contributed by atoms with Gasteiger partial charge in [-0.1, -0.05) is 58.0 Å². The minimum absolute atomic E-state index is 0.239. The Balaban J connectivity index is 2.18. The Morgan fingerprint density at radius 3 is 2.19 bits per heavy atom. The van der Waals surface area contributed by atoms with Gasteiger partial charge in [-0.05, 0) is 42.5 Å². The minimum atomic E-state index is -0.289. The molecule has 0 aliphatic carbocycles. The number of rotatable bonds is 4. The van der Waals surface area contributed by atoms with Crippen LogP contribution in [0.2, 0.25) is 25.2 Å². The summed E-state index contributed by atoms with van der Waals surface area (Å²) in [6.07, 6.45) is 4.48. The molecule has 0 amide bonds. The molecule has 0 radical (unpaired) electrons. The van der Waals surface area contributed by atoms with Gasteiger partial charge in [0.2, 0.25) is 5.78 Å². The number of ketones is 1. The van der Waals surface area contributed by atoms with Gasteiger partial charge in [-0.2, -0.15) is 0 Å². The average molecular weight is 447 g/mol. The van der Waals surface area contributed by atoms with E-state index in [1.54, 1.807) is 42.5 Å². The first kappa shape index (κ1) is 19.3. The van der Waals surface area contributed by atoms with Gasteiger partial charge in [0, 0.05) is 27.4 Å². The molecule has 0 saturated carbocycles. The zero-order valence-electron chi connectivity index (χ0n) is 12.9. The average Bonchev–Trinajstić information content (AvgIpc) is 3.05. The largest absolute Gasteiger partial charge is 0.301 e. The molecule has 0 aliphatic heterocycles. The highest BCUT2D eigenvalue weighted by molar-refractivity contribution is 6.45. The Hall–Kier alpha value is -1.49. The lowest BCUT2D eigenvalue weighted by atomic mass is 10.1. The summed E-state index contributed by atoms with van der Waals surface area (Å²) in [6.45, 7) is 0. The number of allylic oxidation sites excluding steroid dienone is 1. The maximum atomic E-state index is 13.1. The molecule has 26 heavy (non-hydrogen) atoms. The van der Waals surface area contributed by atoms with Crippen LogP contribution in [0.4, 0.5) is 0 Å². The number of carbonyl (C=O) groups excluding carboxylic acids is 1. The number of Topliss-reactive ketones (excluding diaryl/α,β-unsaturated/α-hetero) is 1. The Morgan fingerprint density at radius 1 is 0.923 bits per heavy atom. The van der Waals surface area contributed by atoms with Crippen LogP contribution in [0.25, 0.3) is 11.8 Å². The van der Waals surface area contributed by atoms with Crippen LogP contribution in [0.1, 0.15) is 15.9 Å². The molecule has 132 valence electrons. The molecule has 0 unspecified atom stereocenters.